The van der Waals surface area contributed by atoms with E-state index in [1.807, 2.05) is 13.8 Å². The Morgan fingerprint density at radius 2 is 1.41 bits per heavy atom. The molecular formula is C23H44N8O6. The van der Waals surface area contributed by atoms with Gasteiger partial charge in [0.25, 0.3) is 0 Å². The molecule has 0 spiro atoms. The molecule has 14 nitrogen and oxygen atoms in total. The van der Waals surface area contributed by atoms with E-state index in [-0.39, 0.29) is 43.6 Å². The number of carboxylic acid groups (broad SMARTS) is 1. The van der Waals surface area contributed by atoms with Gasteiger partial charge >= 0.3 is 5.97 Å². The van der Waals surface area contributed by atoms with Crippen LogP contribution in [-0.4, -0.2) is 71.4 Å². The quantitative estimate of drug-likeness (QED) is 0.0569. The number of aliphatic imine (C=N–C) groups is 1. The Kier molecular flexibility index (Phi) is 15.5. The van der Waals surface area contributed by atoms with Crippen LogP contribution in [0.25, 0.3) is 0 Å². The second-order valence-electron chi connectivity index (χ2n) is 9.52. The number of nitrogens with one attached hydrogen (secondary N) is 3. The zero-order valence-electron chi connectivity index (χ0n) is 22.2. The molecule has 12 N–H and O–H groups in total. The third-order valence-corrected chi connectivity index (χ3v) is 5.73. The van der Waals surface area contributed by atoms with Crippen molar-refractivity contribution in [2.45, 2.75) is 90.4 Å². The zero-order valence-corrected chi connectivity index (χ0v) is 22.2. The molecule has 4 amide bonds. The van der Waals surface area contributed by atoms with Gasteiger partial charge in [0, 0.05) is 13.0 Å². The summed E-state index contributed by atoms with van der Waals surface area (Å²) in [5.74, 6) is -4.35. The van der Waals surface area contributed by atoms with Gasteiger partial charge in [-0.15, -0.1) is 0 Å². The molecule has 0 aliphatic carbocycles. The van der Waals surface area contributed by atoms with Crippen LogP contribution >= 0.6 is 0 Å². The minimum Gasteiger partial charge on any atom is -0.480 e. The molecule has 0 aliphatic rings. The van der Waals surface area contributed by atoms with Crippen molar-refractivity contribution >= 4 is 35.6 Å². The predicted octanol–water partition coefficient (Wildman–Crippen LogP) is -1.74. The molecule has 0 aromatic heterocycles. The molecule has 0 aliphatic heterocycles. The van der Waals surface area contributed by atoms with Crippen LogP contribution in [0.2, 0.25) is 0 Å². The van der Waals surface area contributed by atoms with E-state index in [2.05, 4.69) is 20.9 Å². The molecule has 212 valence electrons. The molecule has 0 bridgehead atoms. The molecule has 0 aromatic rings. The van der Waals surface area contributed by atoms with Crippen molar-refractivity contribution in [3.8, 4) is 0 Å². The molecular weight excluding hydrogens is 484 g/mol. The maximum atomic E-state index is 13.2. The lowest BCUT2D eigenvalue weighted by atomic mass is 9.98. The lowest BCUT2D eigenvalue weighted by Crippen LogP contribution is -2.57. The number of amides is 4. The molecule has 0 aromatic carbocycles. The number of nitrogens with zero attached hydrogens (tertiary/aromatic N) is 1. The predicted molar refractivity (Wildman–Crippen MR) is 139 cm³/mol. The summed E-state index contributed by atoms with van der Waals surface area (Å²) in [5, 5.41) is 17.0. The number of aliphatic carboxylic acids is 1. The Morgan fingerprint density at radius 1 is 0.865 bits per heavy atom. The highest BCUT2D eigenvalue weighted by molar-refractivity contribution is 5.94. The molecule has 0 radical (unpaired) electrons. The number of guanidine groups is 1. The molecule has 0 saturated carbocycles. The van der Waals surface area contributed by atoms with Gasteiger partial charge in [0.15, 0.2) is 5.96 Å². The van der Waals surface area contributed by atoms with Crippen LogP contribution in [0.15, 0.2) is 4.99 Å². The van der Waals surface area contributed by atoms with E-state index in [0.29, 0.717) is 19.3 Å². The average molecular weight is 529 g/mol. The van der Waals surface area contributed by atoms with E-state index in [0.717, 1.165) is 0 Å². The maximum Gasteiger partial charge on any atom is 0.326 e. The lowest BCUT2D eigenvalue weighted by molar-refractivity contribution is -0.144. The number of carbonyl (C=O) groups is 5. The Labute approximate surface area is 217 Å². The van der Waals surface area contributed by atoms with E-state index < -0.39 is 53.8 Å². The van der Waals surface area contributed by atoms with Crippen molar-refractivity contribution in [3.05, 3.63) is 0 Å². The van der Waals surface area contributed by atoms with Gasteiger partial charge in [0.1, 0.15) is 18.1 Å². The number of carboxylic acids is 1. The maximum absolute atomic E-state index is 13.2. The number of nitrogens with two attached hydrogens (primary N) is 4. The van der Waals surface area contributed by atoms with Crippen LogP contribution in [0.5, 0.6) is 0 Å². The third kappa shape index (κ3) is 14.0. The second kappa shape index (κ2) is 17.1. The van der Waals surface area contributed by atoms with Crippen LogP contribution in [0.1, 0.15) is 66.2 Å². The first-order chi connectivity index (χ1) is 17.2. The van der Waals surface area contributed by atoms with E-state index in [1.165, 1.54) is 0 Å². The molecule has 5 unspecified atom stereocenters. The van der Waals surface area contributed by atoms with Crippen molar-refractivity contribution in [2.24, 2.45) is 39.8 Å². The Balaban J connectivity index is 5.73. The van der Waals surface area contributed by atoms with Gasteiger partial charge < -0.3 is 44.0 Å². The van der Waals surface area contributed by atoms with Crippen LogP contribution in [-0.2, 0) is 24.0 Å². The van der Waals surface area contributed by atoms with Crippen molar-refractivity contribution in [2.75, 3.05) is 6.54 Å². The molecule has 0 heterocycles. The van der Waals surface area contributed by atoms with Gasteiger partial charge in [-0.1, -0.05) is 34.1 Å². The summed E-state index contributed by atoms with van der Waals surface area (Å²) in [5.41, 5.74) is 21.8. The lowest BCUT2D eigenvalue weighted by Gasteiger charge is -2.26. The van der Waals surface area contributed by atoms with E-state index in [1.54, 1.807) is 13.8 Å². The second-order valence-corrected chi connectivity index (χ2v) is 9.52. The van der Waals surface area contributed by atoms with Gasteiger partial charge in [-0.05, 0) is 37.5 Å². The largest absolute Gasteiger partial charge is 0.480 e. The molecule has 37 heavy (non-hydrogen) atoms. The summed E-state index contributed by atoms with van der Waals surface area (Å²) in [4.78, 5) is 65.6. The summed E-state index contributed by atoms with van der Waals surface area (Å²) in [6, 6.07) is -4.41. The van der Waals surface area contributed by atoms with Crippen LogP contribution in [0, 0.1) is 11.8 Å². The smallest absolute Gasteiger partial charge is 0.326 e. The standard InChI is InChI=1S/C23H44N8O6/c1-5-13(4)18(22(36)37)31-21(35)16(8-9-17(25)32)30-20(34)15(7-6-10-28-23(26)27)29-19(33)14(24)11-12(2)3/h12-16,18H,5-11,24H2,1-4H3,(H2,25,32)(H,29,33)(H,30,34)(H,31,35)(H,36,37)(H4,26,27,28). The molecule has 14 heteroatoms. The average Bonchev–Trinajstić information content (AvgIpc) is 2.79. The van der Waals surface area contributed by atoms with Crippen molar-refractivity contribution in [3.63, 3.8) is 0 Å². The molecule has 5 atom stereocenters. The number of hydrogen-bond donors (Lipinski definition) is 8. The zero-order chi connectivity index (χ0) is 28.7. The third-order valence-electron chi connectivity index (χ3n) is 5.73. The first-order valence-corrected chi connectivity index (χ1v) is 12.4. The van der Waals surface area contributed by atoms with Crippen molar-refractivity contribution in [1.29, 1.82) is 0 Å². The van der Waals surface area contributed by atoms with E-state index >= 15 is 0 Å². The number of hydrogen-bond acceptors (Lipinski definition) is 7. The fourth-order valence-electron chi connectivity index (χ4n) is 3.43. The highest BCUT2D eigenvalue weighted by atomic mass is 16.4. The van der Waals surface area contributed by atoms with Gasteiger partial charge in [-0.3, -0.25) is 24.2 Å². The minimum atomic E-state index is -1.27. The van der Waals surface area contributed by atoms with Crippen molar-refractivity contribution in [1.82, 2.24) is 16.0 Å². The summed E-state index contributed by atoms with van der Waals surface area (Å²) in [7, 11) is 0. The number of carbonyl (C=O) groups excluding carboxylic acids is 4. The first kappa shape index (κ1) is 33.6. The summed E-state index contributed by atoms with van der Waals surface area (Å²) < 4.78 is 0. The minimum absolute atomic E-state index is 0.123. The van der Waals surface area contributed by atoms with Gasteiger partial charge in [-0.25, -0.2) is 4.79 Å². The Bertz CT molecular complexity index is 815. The molecule has 0 fully saturated rings. The van der Waals surface area contributed by atoms with E-state index in [9.17, 15) is 29.1 Å². The highest BCUT2D eigenvalue weighted by Gasteiger charge is 2.32. The first-order valence-electron chi connectivity index (χ1n) is 12.4. The topological polar surface area (TPSA) is 258 Å². The Hall–Kier alpha value is -3.42. The molecule has 0 rings (SSSR count). The summed E-state index contributed by atoms with van der Waals surface area (Å²) in [6.45, 7) is 7.44. The Morgan fingerprint density at radius 3 is 1.89 bits per heavy atom. The van der Waals surface area contributed by atoms with Gasteiger partial charge in [0.2, 0.25) is 23.6 Å². The SMILES string of the molecule is CCC(C)C(NC(=O)C(CCC(N)=O)NC(=O)C(CCCN=C(N)N)NC(=O)C(N)CC(C)C)C(=O)O. The number of primary amides is 1. The fourth-order valence-corrected chi connectivity index (χ4v) is 3.43. The number of rotatable bonds is 18. The van der Waals surface area contributed by atoms with Crippen LogP contribution < -0.4 is 38.9 Å². The monoisotopic (exact) mass is 528 g/mol. The van der Waals surface area contributed by atoms with Gasteiger partial charge in [-0.2, -0.15) is 0 Å². The van der Waals surface area contributed by atoms with Crippen LogP contribution in [0.4, 0.5) is 0 Å². The summed E-state index contributed by atoms with van der Waals surface area (Å²) >= 11 is 0. The van der Waals surface area contributed by atoms with Crippen LogP contribution in [0.3, 0.4) is 0 Å². The normalized spacial score (nSPS) is 15.0. The highest BCUT2D eigenvalue weighted by Crippen LogP contribution is 2.10. The van der Waals surface area contributed by atoms with Gasteiger partial charge in [0.05, 0.1) is 6.04 Å². The molecule has 0 saturated heterocycles. The van der Waals surface area contributed by atoms with Crippen molar-refractivity contribution < 1.29 is 29.1 Å². The summed E-state index contributed by atoms with van der Waals surface area (Å²) in [6.07, 6.45) is 0.919. The fraction of sp³-hybridized carbons (Fsp3) is 0.739. The van der Waals surface area contributed by atoms with E-state index in [4.69, 9.17) is 22.9 Å².